The van der Waals surface area contributed by atoms with Crippen LogP contribution in [-0.2, 0) is 16.0 Å². The normalized spacial score (nSPS) is 22.2. The van der Waals surface area contributed by atoms with Crippen LogP contribution in [0.25, 0.3) is 10.9 Å². The first-order valence-electron chi connectivity index (χ1n) is 12.8. The Labute approximate surface area is 206 Å². The predicted molar refractivity (Wildman–Crippen MR) is 137 cm³/mol. The van der Waals surface area contributed by atoms with E-state index in [2.05, 4.69) is 22.1 Å². The zero-order chi connectivity index (χ0) is 24.9. The molecule has 0 spiro atoms. The second-order valence-electron chi connectivity index (χ2n) is 9.65. The number of aromatic nitrogens is 1. The van der Waals surface area contributed by atoms with Gasteiger partial charge < -0.3 is 26.5 Å². The second-order valence-corrected chi connectivity index (χ2v) is 9.65. The summed E-state index contributed by atoms with van der Waals surface area (Å²) in [7, 11) is 0. The Morgan fingerprint density at radius 1 is 1.20 bits per heavy atom. The molecule has 9 nitrogen and oxygen atoms in total. The predicted octanol–water partition coefficient (Wildman–Crippen LogP) is 1.52. The van der Waals surface area contributed by atoms with Crippen LogP contribution < -0.4 is 11.5 Å². The van der Waals surface area contributed by atoms with E-state index < -0.39 is 11.9 Å². The lowest BCUT2D eigenvalue weighted by Crippen LogP contribution is -2.54. The number of amides is 2. The fraction of sp³-hybridized carbons (Fsp3) is 0.577. The minimum atomic E-state index is -0.592. The summed E-state index contributed by atoms with van der Waals surface area (Å²) in [6.45, 7) is 3.90. The van der Waals surface area contributed by atoms with E-state index in [9.17, 15) is 14.7 Å². The Hall–Kier alpha value is -2.91. The van der Waals surface area contributed by atoms with Gasteiger partial charge in [-0.15, -0.1) is 0 Å². The molecule has 2 aliphatic heterocycles. The van der Waals surface area contributed by atoms with Gasteiger partial charge in [-0.2, -0.15) is 0 Å². The van der Waals surface area contributed by atoms with Gasteiger partial charge >= 0.3 is 0 Å². The molecule has 1 unspecified atom stereocenters. The number of likely N-dealkylation sites (tertiary alicyclic amines) is 2. The van der Waals surface area contributed by atoms with Crippen molar-refractivity contribution >= 4 is 28.6 Å². The standard InChI is InChI=1S/C26H38N6O3/c1-2-29-24(27)18-8-7-17-15-19(30-21(17)16-18)9-10-20-5-3-12-31(20)26(35)23-6-4-13-32(23)22(11-14-33)25(28)34/h7-8,15-16,20,22-23,30,33H,2-6,9-14H2,1H3,(H2,27,29)(H2,28,34)/t20?,22-,23+/m1/s1. The third kappa shape index (κ3) is 5.51. The largest absolute Gasteiger partial charge is 0.396 e. The van der Waals surface area contributed by atoms with Gasteiger partial charge in [0, 0.05) is 42.5 Å². The first-order chi connectivity index (χ1) is 16.9. The highest BCUT2D eigenvalue weighted by Crippen LogP contribution is 2.29. The van der Waals surface area contributed by atoms with Crippen molar-refractivity contribution in [2.75, 3.05) is 26.2 Å². The minimum absolute atomic E-state index is 0.0983. The van der Waals surface area contributed by atoms with E-state index in [1.54, 1.807) is 0 Å². The Morgan fingerprint density at radius 3 is 2.74 bits per heavy atom. The second kappa shape index (κ2) is 11.2. The van der Waals surface area contributed by atoms with Gasteiger partial charge in [0.1, 0.15) is 5.84 Å². The van der Waals surface area contributed by atoms with E-state index in [1.807, 2.05) is 28.9 Å². The number of nitrogens with one attached hydrogen (secondary N) is 1. The maximum atomic E-state index is 13.5. The summed E-state index contributed by atoms with van der Waals surface area (Å²) in [4.78, 5) is 37.3. The zero-order valence-electron chi connectivity index (χ0n) is 20.6. The van der Waals surface area contributed by atoms with Crippen molar-refractivity contribution in [1.29, 1.82) is 0 Å². The molecule has 2 aliphatic rings. The Balaban J connectivity index is 1.42. The molecular formula is C26H38N6O3. The first-order valence-corrected chi connectivity index (χ1v) is 12.8. The van der Waals surface area contributed by atoms with Crippen LogP contribution in [0.4, 0.5) is 0 Å². The number of carbonyl (C=O) groups is 2. The van der Waals surface area contributed by atoms with Crippen LogP contribution in [0, 0.1) is 0 Å². The smallest absolute Gasteiger partial charge is 0.240 e. The number of carbonyl (C=O) groups excluding carboxylic acids is 2. The molecule has 3 atom stereocenters. The van der Waals surface area contributed by atoms with Gasteiger partial charge in [-0.25, -0.2) is 0 Å². The summed E-state index contributed by atoms with van der Waals surface area (Å²) >= 11 is 0. The number of aromatic amines is 1. The van der Waals surface area contributed by atoms with Crippen LogP contribution in [0.1, 0.15) is 56.7 Å². The van der Waals surface area contributed by atoms with Crippen molar-refractivity contribution in [2.45, 2.75) is 70.0 Å². The lowest BCUT2D eigenvalue weighted by atomic mass is 10.0. The lowest BCUT2D eigenvalue weighted by molar-refractivity contribution is -0.139. The number of amidine groups is 1. The van der Waals surface area contributed by atoms with Gasteiger partial charge in [-0.05, 0) is 75.9 Å². The molecular weight excluding hydrogens is 444 g/mol. The van der Waals surface area contributed by atoms with E-state index in [1.165, 1.54) is 0 Å². The molecule has 0 bridgehead atoms. The number of primary amides is 1. The molecule has 2 saturated heterocycles. The Kier molecular flexibility index (Phi) is 8.07. The number of nitrogens with two attached hydrogens (primary N) is 2. The summed E-state index contributed by atoms with van der Waals surface area (Å²) in [6.07, 6.45) is 5.56. The van der Waals surface area contributed by atoms with Gasteiger partial charge in [0.2, 0.25) is 11.8 Å². The first kappa shape index (κ1) is 25.2. The number of fused-ring (bicyclic) bond motifs is 1. The molecule has 2 fully saturated rings. The molecule has 4 rings (SSSR count). The van der Waals surface area contributed by atoms with Crippen molar-refractivity contribution in [3.8, 4) is 0 Å². The molecule has 0 aliphatic carbocycles. The van der Waals surface area contributed by atoms with Gasteiger partial charge in [0.05, 0.1) is 12.1 Å². The highest BCUT2D eigenvalue weighted by atomic mass is 16.3. The molecule has 35 heavy (non-hydrogen) atoms. The number of H-pyrrole nitrogens is 1. The lowest BCUT2D eigenvalue weighted by Gasteiger charge is -2.34. The average molecular weight is 483 g/mol. The van der Waals surface area contributed by atoms with E-state index in [4.69, 9.17) is 11.5 Å². The number of hydrogen-bond donors (Lipinski definition) is 4. The van der Waals surface area contributed by atoms with E-state index >= 15 is 0 Å². The summed E-state index contributed by atoms with van der Waals surface area (Å²) in [5.74, 6) is 0.173. The van der Waals surface area contributed by atoms with Crippen molar-refractivity contribution < 1.29 is 14.7 Å². The Morgan fingerprint density at radius 2 is 2.00 bits per heavy atom. The summed E-state index contributed by atoms with van der Waals surface area (Å²) in [5, 5.41) is 10.5. The maximum Gasteiger partial charge on any atom is 0.240 e. The molecule has 190 valence electrons. The quantitative estimate of drug-likeness (QED) is 0.300. The number of aliphatic hydroxyl groups excluding tert-OH is 1. The van der Waals surface area contributed by atoms with E-state index in [0.717, 1.165) is 67.2 Å². The third-order valence-corrected chi connectivity index (χ3v) is 7.42. The van der Waals surface area contributed by atoms with Crippen LogP contribution in [0.15, 0.2) is 29.3 Å². The number of benzene rings is 1. The summed E-state index contributed by atoms with van der Waals surface area (Å²) in [6, 6.07) is 7.52. The fourth-order valence-electron chi connectivity index (χ4n) is 5.70. The average Bonchev–Trinajstić information content (AvgIpc) is 3.59. The minimum Gasteiger partial charge on any atom is -0.396 e. The topological polar surface area (TPSA) is 141 Å². The number of rotatable bonds is 10. The number of hydrogen-bond acceptors (Lipinski definition) is 5. The third-order valence-electron chi connectivity index (χ3n) is 7.42. The van der Waals surface area contributed by atoms with E-state index in [0.29, 0.717) is 18.9 Å². The van der Waals surface area contributed by atoms with Gasteiger partial charge in [0.25, 0.3) is 0 Å². The highest BCUT2D eigenvalue weighted by molar-refractivity contribution is 6.00. The van der Waals surface area contributed by atoms with Crippen LogP contribution in [-0.4, -0.2) is 81.9 Å². The number of aliphatic hydroxyl groups is 1. The van der Waals surface area contributed by atoms with Gasteiger partial charge in [-0.3, -0.25) is 19.5 Å². The van der Waals surface area contributed by atoms with Crippen molar-refractivity contribution in [3.63, 3.8) is 0 Å². The molecule has 0 radical (unpaired) electrons. The summed E-state index contributed by atoms with van der Waals surface area (Å²) < 4.78 is 0. The number of aryl methyl sites for hydroxylation is 1. The highest BCUT2D eigenvalue weighted by Gasteiger charge is 2.41. The molecule has 1 aromatic heterocycles. The molecule has 6 N–H and O–H groups in total. The molecule has 2 amide bonds. The van der Waals surface area contributed by atoms with E-state index in [-0.39, 0.29) is 31.0 Å². The van der Waals surface area contributed by atoms with Crippen LogP contribution in [0.2, 0.25) is 0 Å². The number of nitrogens with zero attached hydrogens (tertiary/aromatic N) is 3. The fourth-order valence-corrected chi connectivity index (χ4v) is 5.70. The summed E-state index contributed by atoms with van der Waals surface area (Å²) in [5.41, 5.74) is 14.7. The molecule has 2 aromatic rings. The molecule has 1 aromatic carbocycles. The maximum absolute atomic E-state index is 13.5. The SMILES string of the molecule is CCN=C(N)c1ccc2cc(CCC3CCCN3C(=O)[C@@H]3CCCN3[C@H](CCO)C(N)=O)[nH]c2c1. The van der Waals surface area contributed by atoms with Crippen molar-refractivity contribution in [3.05, 3.63) is 35.5 Å². The van der Waals surface area contributed by atoms with Crippen LogP contribution in [0.3, 0.4) is 0 Å². The van der Waals surface area contributed by atoms with Gasteiger partial charge in [-0.1, -0.05) is 12.1 Å². The van der Waals surface area contributed by atoms with Crippen molar-refractivity contribution in [2.24, 2.45) is 16.5 Å². The molecule has 3 heterocycles. The number of aliphatic imine (C=N–C) groups is 1. The monoisotopic (exact) mass is 482 g/mol. The molecule has 0 saturated carbocycles. The Bertz CT molecular complexity index is 1080. The van der Waals surface area contributed by atoms with Gasteiger partial charge in [0.15, 0.2) is 0 Å². The zero-order valence-corrected chi connectivity index (χ0v) is 20.6. The van der Waals surface area contributed by atoms with Crippen LogP contribution in [0.5, 0.6) is 0 Å². The van der Waals surface area contributed by atoms with Crippen LogP contribution >= 0.6 is 0 Å². The van der Waals surface area contributed by atoms with Crippen molar-refractivity contribution in [1.82, 2.24) is 14.8 Å². The molecule has 9 heteroatoms.